The van der Waals surface area contributed by atoms with Gasteiger partial charge in [-0.05, 0) is 25.3 Å². The number of aliphatic hydroxyl groups excluding tert-OH is 5. The van der Waals surface area contributed by atoms with Gasteiger partial charge in [0.25, 0.3) is 0 Å². The molecule has 5 N–H and O–H groups in total. The predicted molar refractivity (Wildman–Crippen MR) is 104 cm³/mol. The number of aliphatic hydroxyl groups is 5. The molecule has 10 atom stereocenters. The van der Waals surface area contributed by atoms with Gasteiger partial charge < -0.3 is 39.7 Å². The van der Waals surface area contributed by atoms with Crippen molar-refractivity contribution in [3.05, 3.63) is 23.8 Å². The van der Waals surface area contributed by atoms with E-state index in [-0.39, 0.29) is 12.4 Å². The van der Waals surface area contributed by atoms with Crippen molar-refractivity contribution in [2.75, 3.05) is 6.61 Å². The summed E-state index contributed by atoms with van der Waals surface area (Å²) in [6.07, 6.45) is -5.85. The maximum absolute atomic E-state index is 12.3. The quantitative estimate of drug-likeness (QED) is 0.294. The topological polar surface area (TPSA) is 146 Å². The summed E-state index contributed by atoms with van der Waals surface area (Å²) in [5, 5.41) is 50.2. The molecule has 0 aromatic heterocycles. The lowest BCUT2D eigenvalue weighted by molar-refractivity contribution is -0.312. The van der Waals surface area contributed by atoms with E-state index < -0.39 is 67.5 Å². The van der Waals surface area contributed by atoms with Crippen molar-refractivity contribution in [1.29, 1.82) is 0 Å². The minimum atomic E-state index is -1.56. The molecule has 3 rings (SSSR count). The second-order valence-corrected chi connectivity index (χ2v) is 8.57. The zero-order chi connectivity index (χ0) is 22.2. The van der Waals surface area contributed by atoms with Gasteiger partial charge in [-0.2, -0.15) is 0 Å². The minimum absolute atomic E-state index is 0.281. The van der Waals surface area contributed by atoms with Crippen LogP contribution in [0.3, 0.4) is 0 Å². The standard InChI is InChI=1S/C21H32O9/c1-9-4-5-12(23)10(2)7-14-16(11(3)20(27)28-14)13(6-9)29-21-19(26)18(25)17(24)15(8-22)30-21/h6,11-19,21-26H,2,4-5,7-8H2,1,3H3. The first-order valence-corrected chi connectivity index (χ1v) is 10.3. The monoisotopic (exact) mass is 428 g/mol. The Morgan fingerprint density at radius 3 is 2.57 bits per heavy atom. The molecule has 9 heteroatoms. The normalized spacial score (nSPS) is 45.5. The molecule has 2 aliphatic heterocycles. The lowest BCUT2D eigenvalue weighted by Crippen LogP contribution is -2.60. The van der Waals surface area contributed by atoms with Gasteiger partial charge in [-0.15, -0.1) is 0 Å². The highest BCUT2D eigenvalue weighted by Crippen LogP contribution is 2.39. The van der Waals surface area contributed by atoms with Crippen molar-refractivity contribution in [3.63, 3.8) is 0 Å². The predicted octanol–water partition coefficient (Wildman–Crippen LogP) is -0.603. The van der Waals surface area contributed by atoms with Gasteiger partial charge in [0.2, 0.25) is 0 Å². The van der Waals surface area contributed by atoms with Crippen molar-refractivity contribution < 1.29 is 44.5 Å². The molecule has 1 aliphatic carbocycles. The van der Waals surface area contributed by atoms with E-state index in [1.807, 2.05) is 13.0 Å². The fraction of sp³-hybridized carbons (Fsp3) is 0.762. The molecule has 0 aromatic rings. The number of hydrogen-bond donors (Lipinski definition) is 5. The van der Waals surface area contributed by atoms with Crippen LogP contribution >= 0.6 is 0 Å². The Bertz CT molecular complexity index is 675. The molecule has 0 spiro atoms. The Morgan fingerprint density at radius 1 is 1.20 bits per heavy atom. The maximum Gasteiger partial charge on any atom is 0.309 e. The van der Waals surface area contributed by atoms with Gasteiger partial charge >= 0.3 is 5.97 Å². The Morgan fingerprint density at radius 2 is 1.90 bits per heavy atom. The molecule has 0 radical (unpaired) electrons. The zero-order valence-corrected chi connectivity index (χ0v) is 17.3. The molecule has 10 unspecified atom stereocenters. The molecule has 0 saturated carbocycles. The summed E-state index contributed by atoms with van der Waals surface area (Å²) in [6, 6.07) is 0. The Hall–Kier alpha value is -1.33. The van der Waals surface area contributed by atoms with E-state index in [2.05, 4.69) is 6.58 Å². The van der Waals surface area contributed by atoms with Crippen LogP contribution in [0.1, 0.15) is 33.1 Å². The van der Waals surface area contributed by atoms with Crippen LogP contribution in [0.15, 0.2) is 23.8 Å². The molecular formula is C21H32O9. The van der Waals surface area contributed by atoms with Crippen molar-refractivity contribution in [3.8, 4) is 0 Å². The van der Waals surface area contributed by atoms with E-state index in [0.29, 0.717) is 18.4 Å². The van der Waals surface area contributed by atoms with Gasteiger partial charge in [0.1, 0.15) is 30.5 Å². The molecule has 0 aromatic carbocycles. The molecule has 2 heterocycles. The van der Waals surface area contributed by atoms with Crippen LogP contribution in [0.4, 0.5) is 0 Å². The van der Waals surface area contributed by atoms with Crippen molar-refractivity contribution in [2.45, 2.75) is 82.1 Å². The van der Waals surface area contributed by atoms with E-state index in [4.69, 9.17) is 14.2 Å². The van der Waals surface area contributed by atoms with E-state index in [0.717, 1.165) is 5.57 Å². The first-order valence-electron chi connectivity index (χ1n) is 10.3. The highest BCUT2D eigenvalue weighted by atomic mass is 16.7. The zero-order valence-electron chi connectivity index (χ0n) is 17.3. The molecule has 2 saturated heterocycles. The van der Waals surface area contributed by atoms with Crippen LogP contribution in [0.5, 0.6) is 0 Å². The van der Waals surface area contributed by atoms with Gasteiger partial charge in [-0.3, -0.25) is 4.79 Å². The average Bonchev–Trinajstić information content (AvgIpc) is 2.98. The van der Waals surface area contributed by atoms with Gasteiger partial charge in [-0.1, -0.05) is 25.2 Å². The van der Waals surface area contributed by atoms with Gasteiger partial charge in [0, 0.05) is 12.3 Å². The van der Waals surface area contributed by atoms with Gasteiger partial charge in [0.05, 0.1) is 24.7 Å². The number of ether oxygens (including phenoxy) is 3. The molecule has 2 fully saturated rings. The first kappa shape index (κ1) is 23.3. The number of rotatable bonds is 3. The number of esters is 1. The largest absolute Gasteiger partial charge is 0.461 e. The van der Waals surface area contributed by atoms with E-state index >= 15 is 0 Å². The third-order valence-corrected chi connectivity index (χ3v) is 6.36. The minimum Gasteiger partial charge on any atom is -0.461 e. The third kappa shape index (κ3) is 4.62. The molecule has 0 amide bonds. The van der Waals surface area contributed by atoms with E-state index in [1.54, 1.807) is 6.92 Å². The number of carbonyl (C=O) groups is 1. The third-order valence-electron chi connectivity index (χ3n) is 6.36. The van der Waals surface area contributed by atoms with Crippen molar-refractivity contribution in [1.82, 2.24) is 0 Å². The summed E-state index contributed by atoms with van der Waals surface area (Å²) in [5.74, 6) is -1.35. The summed E-state index contributed by atoms with van der Waals surface area (Å²) in [7, 11) is 0. The maximum atomic E-state index is 12.3. The number of carbonyl (C=O) groups excluding carboxylic acids is 1. The SMILES string of the molecule is C=C1CC2OC(=O)C(C)C2C(OC2OC(CO)C(O)C(O)C2O)C=C(C)CCC1O. The highest BCUT2D eigenvalue weighted by molar-refractivity contribution is 5.75. The van der Waals surface area contributed by atoms with Crippen LogP contribution < -0.4 is 0 Å². The van der Waals surface area contributed by atoms with Gasteiger partial charge in [-0.25, -0.2) is 0 Å². The smallest absolute Gasteiger partial charge is 0.309 e. The fourth-order valence-electron chi connectivity index (χ4n) is 4.39. The Balaban J connectivity index is 1.91. The van der Waals surface area contributed by atoms with E-state index in [9.17, 15) is 30.3 Å². The number of hydrogen-bond acceptors (Lipinski definition) is 9. The lowest BCUT2D eigenvalue weighted by atomic mass is 9.81. The summed E-state index contributed by atoms with van der Waals surface area (Å²) >= 11 is 0. The van der Waals surface area contributed by atoms with Crippen LogP contribution in [0.25, 0.3) is 0 Å². The van der Waals surface area contributed by atoms with Crippen LogP contribution in [-0.2, 0) is 19.0 Å². The summed E-state index contributed by atoms with van der Waals surface area (Å²) in [4.78, 5) is 12.3. The summed E-state index contributed by atoms with van der Waals surface area (Å²) in [5.41, 5.74) is 1.48. The fourth-order valence-corrected chi connectivity index (χ4v) is 4.39. The second-order valence-electron chi connectivity index (χ2n) is 8.57. The lowest BCUT2D eigenvalue weighted by Gasteiger charge is -2.42. The molecular weight excluding hydrogens is 396 g/mol. The van der Waals surface area contributed by atoms with Crippen molar-refractivity contribution >= 4 is 5.97 Å². The van der Waals surface area contributed by atoms with Gasteiger partial charge in [0.15, 0.2) is 6.29 Å². The summed E-state index contributed by atoms with van der Waals surface area (Å²) < 4.78 is 17.1. The number of fused-ring (bicyclic) bond motifs is 1. The number of allylic oxidation sites excluding steroid dienone is 1. The van der Waals surface area contributed by atoms with Crippen LogP contribution in [0.2, 0.25) is 0 Å². The van der Waals surface area contributed by atoms with Crippen LogP contribution in [-0.4, -0.2) is 87.1 Å². The average molecular weight is 428 g/mol. The molecule has 30 heavy (non-hydrogen) atoms. The van der Waals surface area contributed by atoms with Crippen LogP contribution in [0, 0.1) is 11.8 Å². The Labute approximate surface area is 175 Å². The molecule has 3 aliphatic rings. The second kappa shape index (κ2) is 9.44. The molecule has 0 bridgehead atoms. The molecule has 170 valence electrons. The summed E-state index contributed by atoms with van der Waals surface area (Å²) in [6.45, 7) is 6.98. The first-order chi connectivity index (χ1) is 14.1. The Kier molecular flexibility index (Phi) is 7.34. The van der Waals surface area contributed by atoms with E-state index in [1.165, 1.54) is 0 Å². The van der Waals surface area contributed by atoms with Crippen molar-refractivity contribution in [2.24, 2.45) is 11.8 Å². The highest BCUT2D eigenvalue weighted by Gasteiger charge is 2.50. The molecule has 9 nitrogen and oxygen atoms in total.